The van der Waals surface area contributed by atoms with Crippen LogP contribution in [-0.2, 0) is 0 Å². The fraction of sp³-hybridized carbons (Fsp3) is 0.167. The molecule has 0 saturated carbocycles. The zero-order valence-corrected chi connectivity index (χ0v) is 12.6. The van der Waals surface area contributed by atoms with E-state index in [4.69, 9.17) is 0 Å². The number of hydrogen-bond acceptors (Lipinski definition) is 3. The van der Waals surface area contributed by atoms with Gasteiger partial charge in [0.2, 0.25) is 0 Å². The van der Waals surface area contributed by atoms with Crippen molar-refractivity contribution >= 4 is 43.4 Å². The number of benzene rings is 1. The van der Waals surface area contributed by atoms with Gasteiger partial charge in [0.25, 0.3) is 0 Å². The van der Waals surface area contributed by atoms with Crippen LogP contribution >= 0.6 is 31.9 Å². The Bertz CT molecular complexity index is 535. The fourth-order valence-corrected chi connectivity index (χ4v) is 2.31. The molecular weight excluding hydrogens is 346 g/mol. The van der Waals surface area contributed by atoms with Crippen LogP contribution in [0.3, 0.4) is 0 Å². The lowest BCUT2D eigenvalue weighted by Crippen LogP contribution is -1.98. The lowest BCUT2D eigenvalue weighted by molar-refractivity contribution is 1.04. The highest BCUT2D eigenvalue weighted by molar-refractivity contribution is 9.10. The molecule has 0 aliphatic rings. The molecule has 0 amide bonds. The molecule has 0 aliphatic heterocycles. The average molecular weight is 357 g/mol. The quantitative estimate of drug-likeness (QED) is 0.812. The molecule has 2 rings (SSSR count). The van der Waals surface area contributed by atoms with Gasteiger partial charge in [-0.25, -0.2) is 9.97 Å². The van der Waals surface area contributed by atoms with E-state index in [1.807, 2.05) is 25.1 Å². The molecule has 0 bridgehead atoms. The van der Waals surface area contributed by atoms with E-state index in [1.165, 1.54) is 5.56 Å². The van der Waals surface area contributed by atoms with Gasteiger partial charge in [0, 0.05) is 10.5 Å². The number of aromatic nitrogens is 2. The van der Waals surface area contributed by atoms with Crippen LogP contribution in [0.4, 0.5) is 11.5 Å². The first-order valence-electron chi connectivity index (χ1n) is 5.09. The third-order valence-corrected chi connectivity index (χ3v) is 3.72. The Kier molecular flexibility index (Phi) is 3.79. The first kappa shape index (κ1) is 12.5. The van der Waals surface area contributed by atoms with Crippen LogP contribution < -0.4 is 5.32 Å². The molecule has 2 aromatic rings. The van der Waals surface area contributed by atoms with E-state index in [9.17, 15) is 0 Å². The van der Waals surface area contributed by atoms with Gasteiger partial charge in [0.05, 0.1) is 5.69 Å². The van der Waals surface area contributed by atoms with E-state index in [2.05, 4.69) is 60.1 Å². The van der Waals surface area contributed by atoms with E-state index in [-0.39, 0.29) is 0 Å². The van der Waals surface area contributed by atoms with Gasteiger partial charge in [-0.3, -0.25) is 0 Å². The molecule has 1 N–H and O–H groups in total. The minimum Gasteiger partial charge on any atom is -0.339 e. The zero-order chi connectivity index (χ0) is 12.4. The van der Waals surface area contributed by atoms with Crippen LogP contribution in [0.25, 0.3) is 0 Å². The van der Waals surface area contributed by atoms with Crippen molar-refractivity contribution in [1.29, 1.82) is 0 Å². The second-order valence-corrected chi connectivity index (χ2v) is 5.29. The van der Waals surface area contributed by atoms with Gasteiger partial charge in [-0.15, -0.1) is 0 Å². The third kappa shape index (κ3) is 3.04. The summed E-state index contributed by atoms with van der Waals surface area (Å²) in [7, 11) is 0. The summed E-state index contributed by atoms with van der Waals surface area (Å²) in [6.07, 6.45) is 0. The first-order valence-corrected chi connectivity index (χ1v) is 6.68. The number of halogens is 2. The molecule has 0 unspecified atom stereocenters. The smallest absolute Gasteiger partial charge is 0.135 e. The van der Waals surface area contributed by atoms with Gasteiger partial charge in [-0.05, 0) is 57.3 Å². The van der Waals surface area contributed by atoms with Crippen molar-refractivity contribution in [2.45, 2.75) is 13.8 Å². The second-order valence-electron chi connectivity index (χ2n) is 3.68. The fourth-order valence-electron chi connectivity index (χ4n) is 1.48. The van der Waals surface area contributed by atoms with E-state index in [1.54, 1.807) is 0 Å². The molecule has 0 atom stereocenters. The van der Waals surface area contributed by atoms with Gasteiger partial charge in [-0.2, -0.15) is 0 Å². The summed E-state index contributed by atoms with van der Waals surface area (Å²) in [4.78, 5) is 8.50. The molecule has 0 spiro atoms. The monoisotopic (exact) mass is 355 g/mol. The minimum atomic E-state index is 0.727. The molecular formula is C12H11Br2N3. The Labute approximate surface area is 117 Å². The summed E-state index contributed by atoms with van der Waals surface area (Å²) in [5.41, 5.74) is 2.18. The summed E-state index contributed by atoms with van der Waals surface area (Å²) in [5.74, 6) is 1.50. The minimum absolute atomic E-state index is 0.727. The maximum absolute atomic E-state index is 4.33. The van der Waals surface area contributed by atoms with Crippen molar-refractivity contribution in [3.05, 3.63) is 44.7 Å². The third-order valence-electron chi connectivity index (χ3n) is 2.26. The van der Waals surface area contributed by atoms with Crippen LogP contribution in [0.1, 0.15) is 11.4 Å². The molecule has 5 heteroatoms. The van der Waals surface area contributed by atoms with E-state index >= 15 is 0 Å². The maximum Gasteiger partial charge on any atom is 0.135 e. The Morgan fingerprint density at radius 1 is 1.12 bits per heavy atom. The Morgan fingerprint density at radius 2 is 1.88 bits per heavy atom. The first-order chi connectivity index (χ1) is 8.06. The molecule has 17 heavy (non-hydrogen) atoms. The Balaban J connectivity index is 2.34. The Hall–Kier alpha value is -0.940. The molecule has 1 aromatic heterocycles. The van der Waals surface area contributed by atoms with E-state index in [0.717, 1.165) is 26.4 Å². The molecule has 0 aliphatic carbocycles. The SMILES string of the molecule is Cc1nc(Br)cc(Nc2cccc(C)c2Br)n1. The van der Waals surface area contributed by atoms with Crippen molar-refractivity contribution < 1.29 is 0 Å². The molecule has 3 nitrogen and oxygen atoms in total. The lowest BCUT2D eigenvalue weighted by atomic mass is 10.2. The van der Waals surface area contributed by atoms with Gasteiger partial charge >= 0.3 is 0 Å². The van der Waals surface area contributed by atoms with Crippen molar-refractivity contribution in [3.63, 3.8) is 0 Å². The van der Waals surface area contributed by atoms with Crippen LogP contribution in [0.5, 0.6) is 0 Å². The average Bonchev–Trinajstić information content (AvgIpc) is 2.23. The zero-order valence-electron chi connectivity index (χ0n) is 9.46. The van der Waals surface area contributed by atoms with Crippen molar-refractivity contribution in [2.75, 3.05) is 5.32 Å². The summed E-state index contributed by atoms with van der Waals surface area (Å²) in [6, 6.07) is 7.91. The topological polar surface area (TPSA) is 37.8 Å². The number of hydrogen-bond donors (Lipinski definition) is 1. The van der Waals surface area contributed by atoms with Crippen LogP contribution in [0.15, 0.2) is 33.3 Å². The van der Waals surface area contributed by atoms with Crippen molar-refractivity contribution in [2.24, 2.45) is 0 Å². The number of nitrogens with one attached hydrogen (secondary N) is 1. The van der Waals surface area contributed by atoms with Crippen molar-refractivity contribution in [1.82, 2.24) is 9.97 Å². The highest BCUT2D eigenvalue weighted by atomic mass is 79.9. The number of nitrogens with zero attached hydrogens (tertiary/aromatic N) is 2. The Morgan fingerprint density at radius 3 is 2.59 bits per heavy atom. The van der Waals surface area contributed by atoms with Crippen molar-refractivity contribution in [3.8, 4) is 0 Å². The largest absolute Gasteiger partial charge is 0.339 e. The van der Waals surface area contributed by atoms with Crippen LogP contribution in [0.2, 0.25) is 0 Å². The summed E-state index contributed by atoms with van der Waals surface area (Å²) in [6.45, 7) is 3.91. The standard InChI is InChI=1S/C12H11Br2N3/c1-7-4-3-5-9(12(7)14)17-11-6-10(13)15-8(2)16-11/h3-6H,1-2H3,(H,15,16,17). The predicted octanol–water partition coefficient (Wildman–Crippen LogP) is 4.36. The van der Waals surface area contributed by atoms with Gasteiger partial charge in [-0.1, -0.05) is 12.1 Å². The summed E-state index contributed by atoms with van der Waals surface area (Å²) in [5, 5.41) is 3.27. The van der Waals surface area contributed by atoms with Gasteiger partial charge < -0.3 is 5.32 Å². The molecule has 0 radical (unpaired) electrons. The molecule has 0 saturated heterocycles. The number of aryl methyl sites for hydroxylation is 2. The van der Waals surface area contributed by atoms with Crippen LogP contribution in [0, 0.1) is 13.8 Å². The van der Waals surface area contributed by atoms with Gasteiger partial charge in [0.15, 0.2) is 0 Å². The second kappa shape index (κ2) is 5.14. The van der Waals surface area contributed by atoms with E-state index < -0.39 is 0 Å². The lowest BCUT2D eigenvalue weighted by Gasteiger charge is -2.10. The van der Waals surface area contributed by atoms with Crippen LogP contribution in [-0.4, -0.2) is 9.97 Å². The van der Waals surface area contributed by atoms with Gasteiger partial charge in [0.1, 0.15) is 16.2 Å². The summed E-state index contributed by atoms with van der Waals surface area (Å²) >= 11 is 6.91. The highest BCUT2D eigenvalue weighted by Gasteiger charge is 2.04. The molecule has 88 valence electrons. The number of rotatable bonds is 2. The maximum atomic E-state index is 4.33. The normalized spacial score (nSPS) is 10.4. The number of anilines is 2. The summed E-state index contributed by atoms with van der Waals surface area (Å²) < 4.78 is 1.82. The highest BCUT2D eigenvalue weighted by Crippen LogP contribution is 2.28. The molecule has 1 heterocycles. The van der Waals surface area contributed by atoms with E-state index in [0.29, 0.717) is 0 Å². The molecule has 0 fully saturated rings. The molecule has 1 aromatic carbocycles. The predicted molar refractivity (Wildman–Crippen MR) is 76.6 cm³/mol.